The molecule has 2 aliphatic rings. The van der Waals surface area contributed by atoms with Gasteiger partial charge in [0.25, 0.3) is 0 Å². The zero-order valence-corrected chi connectivity index (χ0v) is 17.5. The molecule has 2 aliphatic heterocycles. The molecule has 28 heavy (non-hydrogen) atoms. The standard InChI is InChI=1S/C20H29N3O4S/c1-4-22(14(2)3)17-7-5-16(6-8-17)21-20(25)15-11-19(24)23(12-15)18-9-10-28(26,27)13-18/h5-8,14-15,18H,4,9-13H2,1-3H3,(H,21,25). The van der Waals surface area contributed by atoms with Crippen molar-refractivity contribution in [1.82, 2.24) is 4.90 Å². The Balaban J connectivity index is 1.60. The summed E-state index contributed by atoms with van der Waals surface area (Å²) in [5.41, 5.74) is 1.79. The summed E-state index contributed by atoms with van der Waals surface area (Å²) in [6, 6.07) is 7.81. The molecule has 1 N–H and O–H groups in total. The summed E-state index contributed by atoms with van der Waals surface area (Å²) < 4.78 is 23.4. The molecule has 2 atom stereocenters. The van der Waals surface area contributed by atoms with E-state index < -0.39 is 15.8 Å². The zero-order valence-electron chi connectivity index (χ0n) is 16.7. The van der Waals surface area contributed by atoms with Gasteiger partial charge in [0.15, 0.2) is 9.84 Å². The van der Waals surface area contributed by atoms with E-state index in [0.717, 1.165) is 12.2 Å². The van der Waals surface area contributed by atoms with Crippen molar-refractivity contribution >= 4 is 33.0 Å². The van der Waals surface area contributed by atoms with Crippen LogP contribution in [0, 0.1) is 5.92 Å². The molecule has 0 saturated carbocycles. The van der Waals surface area contributed by atoms with E-state index in [1.807, 2.05) is 24.3 Å². The number of carbonyl (C=O) groups is 2. The number of hydrogen-bond acceptors (Lipinski definition) is 5. The summed E-state index contributed by atoms with van der Waals surface area (Å²) >= 11 is 0. The second-order valence-corrected chi connectivity index (χ2v) is 10.1. The van der Waals surface area contributed by atoms with Crippen LogP contribution in [0.25, 0.3) is 0 Å². The summed E-state index contributed by atoms with van der Waals surface area (Å²) in [4.78, 5) is 28.8. The topological polar surface area (TPSA) is 86.8 Å². The Labute approximate surface area is 167 Å². The highest BCUT2D eigenvalue weighted by Gasteiger charge is 2.41. The van der Waals surface area contributed by atoms with Gasteiger partial charge in [0.1, 0.15) is 0 Å². The lowest BCUT2D eigenvalue weighted by Crippen LogP contribution is -2.38. The van der Waals surface area contributed by atoms with Gasteiger partial charge in [-0.3, -0.25) is 9.59 Å². The highest BCUT2D eigenvalue weighted by atomic mass is 32.2. The highest BCUT2D eigenvalue weighted by Crippen LogP contribution is 2.27. The smallest absolute Gasteiger partial charge is 0.229 e. The SMILES string of the molecule is CCN(c1ccc(NC(=O)C2CC(=O)N(C3CCS(=O)(=O)C3)C2)cc1)C(C)C. The van der Waals surface area contributed by atoms with E-state index >= 15 is 0 Å². The van der Waals surface area contributed by atoms with Crippen LogP contribution in [-0.2, 0) is 19.4 Å². The molecule has 154 valence electrons. The van der Waals surface area contributed by atoms with Crippen LogP contribution in [0.4, 0.5) is 11.4 Å². The third-order valence-corrected chi connectivity index (χ3v) is 7.36. The number of anilines is 2. The molecule has 2 amide bonds. The van der Waals surface area contributed by atoms with Crippen molar-refractivity contribution in [3.05, 3.63) is 24.3 Å². The third kappa shape index (κ3) is 4.48. The van der Waals surface area contributed by atoms with Gasteiger partial charge in [-0.1, -0.05) is 0 Å². The fourth-order valence-electron chi connectivity index (χ4n) is 4.11. The first-order valence-corrected chi connectivity index (χ1v) is 11.7. The second kappa shape index (κ2) is 8.11. The number of nitrogens with one attached hydrogen (secondary N) is 1. The van der Waals surface area contributed by atoms with E-state index in [0.29, 0.717) is 24.7 Å². The molecule has 2 unspecified atom stereocenters. The average molecular weight is 408 g/mol. The lowest BCUT2D eigenvalue weighted by molar-refractivity contribution is -0.129. The predicted molar refractivity (Wildman–Crippen MR) is 110 cm³/mol. The molecule has 2 heterocycles. The molecular formula is C20H29N3O4S. The van der Waals surface area contributed by atoms with Gasteiger partial charge in [0.05, 0.1) is 17.4 Å². The number of carbonyl (C=O) groups excluding carboxylic acids is 2. The molecule has 1 aromatic rings. The van der Waals surface area contributed by atoms with E-state index in [2.05, 4.69) is 31.0 Å². The summed E-state index contributed by atoms with van der Waals surface area (Å²) in [5.74, 6) is -0.638. The van der Waals surface area contributed by atoms with Crippen LogP contribution < -0.4 is 10.2 Å². The minimum atomic E-state index is -3.06. The molecule has 2 fully saturated rings. The van der Waals surface area contributed by atoms with Gasteiger partial charge in [-0.15, -0.1) is 0 Å². The molecular weight excluding hydrogens is 378 g/mol. The lowest BCUT2D eigenvalue weighted by Gasteiger charge is -2.27. The van der Waals surface area contributed by atoms with Crippen LogP contribution in [-0.4, -0.2) is 61.8 Å². The van der Waals surface area contributed by atoms with Gasteiger partial charge in [-0.25, -0.2) is 8.42 Å². The number of rotatable bonds is 6. The van der Waals surface area contributed by atoms with E-state index in [-0.39, 0.29) is 35.8 Å². The lowest BCUT2D eigenvalue weighted by atomic mass is 10.1. The first kappa shape index (κ1) is 20.6. The molecule has 8 heteroatoms. The molecule has 3 rings (SSSR count). The van der Waals surface area contributed by atoms with Crippen LogP contribution >= 0.6 is 0 Å². The molecule has 7 nitrogen and oxygen atoms in total. The Morgan fingerprint density at radius 1 is 1.29 bits per heavy atom. The van der Waals surface area contributed by atoms with E-state index in [9.17, 15) is 18.0 Å². The van der Waals surface area contributed by atoms with Crippen LogP contribution in [0.5, 0.6) is 0 Å². The fraction of sp³-hybridized carbons (Fsp3) is 0.600. The van der Waals surface area contributed by atoms with E-state index in [4.69, 9.17) is 0 Å². The van der Waals surface area contributed by atoms with Gasteiger partial charge in [-0.2, -0.15) is 0 Å². The Hall–Kier alpha value is -2.09. The predicted octanol–water partition coefficient (Wildman–Crippen LogP) is 1.90. The van der Waals surface area contributed by atoms with Crippen molar-refractivity contribution in [3.63, 3.8) is 0 Å². The van der Waals surface area contributed by atoms with Gasteiger partial charge in [0, 0.05) is 43.0 Å². The van der Waals surface area contributed by atoms with Crippen LogP contribution in [0.1, 0.15) is 33.6 Å². The maximum absolute atomic E-state index is 12.6. The Kier molecular flexibility index (Phi) is 5.98. The molecule has 1 aromatic carbocycles. The number of amides is 2. The monoisotopic (exact) mass is 407 g/mol. The number of sulfone groups is 1. The van der Waals surface area contributed by atoms with Crippen molar-refractivity contribution < 1.29 is 18.0 Å². The van der Waals surface area contributed by atoms with E-state index in [1.165, 1.54) is 0 Å². The summed E-state index contributed by atoms with van der Waals surface area (Å²) in [6.07, 6.45) is 0.602. The molecule has 0 spiro atoms. The maximum atomic E-state index is 12.6. The van der Waals surface area contributed by atoms with Crippen molar-refractivity contribution in [2.24, 2.45) is 5.92 Å². The minimum absolute atomic E-state index is 0.0122. The fourth-order valence-corrected chi connectivity index (χ4v) is 5.84. The van der Waals surface area contributed by atoms with Gasteiger partial charge in [-0.05, 0) is 51.5 Å². The van der Waals surface area contributed by atoms with Crippen molar-refractivity contribution in [3.8, 4) is 0 Å². The number of nitrogens with zero attached hydrogens (tertiary/aromatic N) is 2. The first-order chi connectivity index (χ1) is 13.2. The molecule has 2 saturated heterocycles. The number of hydrogen-bond donors (Lipinski definition) is 1. The van der Waals surface area contributed by atoms with Crippen LogP contribution in [0.15, 0.2) is 24.3 Å². The minimum Gasteiger partial charge on any atom is -0.369 e. The Morgan fingerprint density at radius 3 is 2.50 bits per heavy atom. The van der Waals surface area contributed by atoms with E-state index in [1.54, 1.807) is 4.90 Å². The van der Waals surface area contributed by atoms with Crippen molar-refractivity contribution in [1.29, 1.82) is 0 Å². The maximum Gasteiger partial charge on any atom is 0.229 e. The quantitative estimate of drug-likeness (QED) is 0.778. The average Bonchev–Trinajstić information content (AvgIpc) is 3.19. The molecule has 0 aliphatic carbocycles. The Morgan fingerprint density at radius 2 is 1.96 bits per heavy atom. The summed E-state index contributed by atoms with van der Waals surface area (Å²) in [6.45, 7) is 7.57. The van der Waals surface area contributed by atoms with Gasteiger partial charge < -0.3 is 15.1 Å². The Bertz CT molecular complexity index is 836. The molecule has 0 radical (unpaired) electrons. The largest absolute Gasteiger partial charge is 0.369 e. The number of benzene rings is 1. The second-order valence-electron chi connectivity index (χ2n) is 7.92. The molecule has 0 bridgehead atoms. The third-order valence-electron chi connectivity index (χ3n) is 5.61. The normalized spacial score (nSPS) is 24.0. The van der Waals surface area contributed by atoms with Gasteiger partial charge in [0.2, 0.25) is 11.8 Å². The van der Waals surface area contributed by atoms with Crippen molar-refractivity contribution in [2.75, 3.05) is 34.8 Å². The zero-order chi connectivity index (χ0) is 20.5. The number of likely N-dealkylation sites (tertiary alicyclic amines) is 1. The highest BCUT2D eigenvalue weighted by molar-refractivity contribution is 7.91. The summed E-state index contributed by atoms with van der Waals surface area (Å²) in [7, 11) is -3.06. The van der Waals surface area contributed by atoms with Crippen LogP contribution in [0.3, 0.4) is 0 Å². The first-order valence-electron chi connectivity index (χ1n) is 9.87. The van der Waals surface area contributed by atoms with Gasteiger partial charge >= 0.3 is 0 Å². The van der Waals surface area contributed by atoms with Crippen LogP contribution in [0.2, 0.25) is 0 Å². The van der Waals surface area contributed by atoms with Crippen molar-refractivity contribution in [2.45, 2.75) is 45.7 Å². The molecule has 0 aromatic heterocycles. The summed E-state index contributed by atoms with van der Waals surface area (Å²) in [5, 5.41) is 2.89.